The molecule has 0 aromatic heterocycles. The quantitative estimate of drug-likeness (QED) is 0.183. The molecular formula is C6H12O6S2Si8. The largest absolute Gasteiger partial charge is 0.468 e. The Morgan fingerprint density at radius 2 is 0.818 bits per heavy atom. The van der Waals surface area contributed by atoms with E-state index in [2.05, 4.69) is 62.9 Å². The summed E-state index contributed by atoms with van der Waals surface area (Å²) in [6.45, 7) is 0. The lowest BCUT2D eigenvalue weighted by molar-refractivity contribution is 0.292. The van der Waals surface area contributed by atoms with Crippen molar-refractivity contribution >= 4 is 102 Å². The van der Waals surface area contributed by atoms with E-state index in [1.807, 2.05) is 0 Å². The Morgan fingerprint density at radius 3 is 1.05 bits per heavy atom. The Labute approximate surface area is 162 Å². The van der Waals surface area contributed by atoms with E-state index in [0.29, 0.717) is 12.1 Å². The smallest absolute Gasteiger partial charge is 0.416 e. The third kappa shape index (κ3) is 9.05. The molecule has 0 heterocycles. The first-order valence-electron chi connectivity index (χ1n) is 5.90. The molecule has 0 aromatic rings. The first kappa shape index (κ1) is 24.2. The van der Waals surface area contributed by atoms with Gasteiger partial charge in [0.05, 0.1) is 0 Å². The summed E-state index contributed by atoms with van der Waals surface area (Å²) in [5.41, 5.74) is 0. The Balaban J connectivity index is 3.70. The summed E-state index contributed by atoms with van der Waals surface area (Å²) in [5.74, 6) is 1.92. The molecule has 0 rings (SSSR count). The second-order valence-electron chi connectivity index (χ2n) is 3.83. The van der Waals surface area contributed by atoms with Crippen LogP contribution in [0.3, 0.4) is 0 Å². The molecule has 0 N–H and O–H groups in total. The minimum absolute atomic E-state index is 0.679. The summed E-state index contributed by atoms with van der Waals surface area (Å²) in [5, 5.41) is 0. The second-order valence-corrected chi connectivity index (χ2v) is 15.2. The molecule has 0 amide bonds. The highest BCUT2D eigenvalue weighted by Gasteiger charge is 2.36. The average Bonchev–Trinajstić information content (AvgIpc) is 2.58. The summed E-state index contributed by atoms with van der Waals surface area (Å²) < 4.78 is 30.6. The molecule has 16 heteroatoms. The van der Waals surface area contributed by atoms with Crippen molar-refractivity contribution in [2.45, 2.75) is 24.9 Å². The lowest BCUT2D eigenvalue weighted by atomic mass is 10.6. The predicted octanol–water partition coefficient (Wildman–Crippen LogP) is -0.374. The molecule has 0 spiro atoms. The van der Waals surface area contributed by atoms with Crippen LogP contribution in [-0.4, -0.2) is 92.0 Å². The monoisotopic (exact) mass is 468 g/mol. The highest BCUT2D eigenvalue weighted by molar-refractivity contribution is 8.76. The van der Waals surface area contributed by atoms with Crippen molar-refractivity contribution in [1.82, 2.24) is 0 Å². The fraction of sp³-hybridized carbons (Fsp3) is 1.00. The Morgan fingerprint density at radius 1 is 0.545 bits per heavy atom. The molecule has 0 aliphatic carbocycles. The molecule has 0 fully saturated rings. The van der Waals surface area contributed by atoms with E-state index < -0.39 is 17.6 Å². The third-order valence-corrected chi connectivity index (χ3v) is 14.4. The topological polar surface area (TPSA) is 55.4 Å². The van der Waals surface area contributed by atoms with Gasteiger partial charge < -0.3 is 24.7 Å². The molecule has 0 saturated heterocycles. The zero-order valence-corrected chi connectivity index (χ0v) is 21.1. The highest BCUT2D eigenvalue weighted by Crippen LogP contribution is 2.27. The van der Waals surface area contributed by atoms with Crippen LogP contribution in [0.1, 0.15) is 12.8 Å². The third-order valence-electron chi connectivity index (χ3n) is 2.44. The van der Waals surface area contributed by atoms with Crippen molar-refractivity contribution in [3.8, 4) is 0 Å². The van der Waals surface area contributed by atoms with E-state index in [-0.39, 0.29) is 0 Å². The molecule has 22 heavy (non-hydrogen) atoms. The van der Waals surface area contributed by atoms with E-state index in [1.165, 1.54) is 0 Å². The van der Waals surface area contributed by atoms with Crippen LogP contribution in [0.4, 0.5) is 0 Å². The van der Waals surface area contributed by atoms with Gasteiger partial charge in [0.2, 0.25) is 62.9 Å². The fourth-order valence-corrected chi connectivity index (χ4v) is 10.9. The molecule has 116 valence electrons. The highest BCUT2D eigenvalue weighted by atomic mass is 33.1. The molecule has 0 saturated carbocycles. The van der Waals surface area contributed by atoms with Gasteiger partial charge in [-0.05, 0) is 12.8 Å². The van der Waals surface area contributed by atoms with Gasteiger partial charge >= 0.3 is 17.6 Å². The summed E-state index contributed by atoms with van der Waals surface area (Å²) in [4.78, 5) is 0. The van der Waals surface area contributed by atoms with Crippen molar-refractivity contribution in [1.29, 1.82) is 0 Å². The van der Waals surface area contributed by atoms with Gasteiger partial charge in [0.15, 0.2) is 0 Å². The molecule has 6 nitrogen and oxygen atoms in total. The van der Waals surface area contributed by atoms with Gasteiger partial charge in [0.1, 0.15) is 0 Å². The van der Waals surface area contributed by atoms with Crippen LogP contribution in [0, 0.1) is 0 Å². The van der Waals surface area contributed by atoms with E-state index in [0.717, 1.165) is 24.3 Å². The normalized spacial score (nSPS) is 12.8. The van der Waals surface area contributed by atoms with Crippen LogP contribution in [-0.2, 0) is 24.7 Å². The standard InChI is InChI=1S/C6H12O6S2Si8/c15-7-21(8-16,9-17)5-1-3-13-14-4-2-6-22(10-18,11-19)12-20/h1-6H2. The molecule has 0 aliphatic heterocycles. The molecule has 0 atom stereocenters. The van der Waals surface area contributed by atoms with Gasteiger partial charge in [-0.1, -0.05) is 21.6 Å². The molecule has 0 bridgehead atoms. The number of hydrogen-bond acceptors (Lipinski definition) is 8. The molecule has 0 aliphatic rings. The van der Waals surface area contributed by atoms with Gasteiger partial charge in [-0.3, -0.25) is 0 Å². The van der Waals surface area contributed by atoms with Crippen LogP contribution in [0.2, 0.25) is 12.1 Å². The molecule has 18 radical (unpaired) electrons. The summed E-state index contributed by atoms with van der Waals surface area (Å²) in [7, 11) is 16.1. The number of hydrogen-bond donors (Lipinski definition) is 0. The Bertz CT molecular complexity index is 231. The SMILES string of the molecule is [Si]O[Si](CCCSSCCC[Si](O[Si])(O[Si])O[Si])(O[Si])O[Si]. The summed E-state index contributed by atoms with van der Waals surface area (Å²) in [6.07, 6.45) is 1.81. The molecule has 0 aromatic carbocycles. The van der Waals surface area contributed by atoms with Crippen molar-refractivity contribution < 1.29 is 24.7 Å². The minimum atomic E-state index is -2.67. The maximum absolute atomic E-state index is 5.09. The second kappa shape index (κ2) is 14.4. The predicted molar refractivity (Wildman–Crippen MR) is 96.3 cm³/mol. The van der Waals surface area contributed by atoms with Crippen LogP contribution < -0.4 is 0 Å². The number of rotatable bonds is 15. The van der Waals surface area contributed by atoms with Gasteiger partial charge in [0, 0.05) is 23.6 Å². The maximum atomic E-state index is 5.09. The van der Waals surface area contributed by atoms with Crippen molar-refractivity contribution in [2.24, 2.45) is 0 Å². The van der Waals surface area contributed by atoms with Crippen LogP contribution in [0.25, 0.3) is 0 Å². The Hall–Kier alpha value is 2.20. The van der Waals surface area contributed by atoms with Crippen molar-refractivity contribution in [3.63, 3.8) is 0 Å². The zero-order valence-electron chi connectivity index (χ0n) is 11.5. The van der Waals surface area contributed by atoms with Crippen LogP contribution >= 0.6 is 21.6 Å². The van der Waals surface area contributed by atoms with Crippen molar-refractivity contribution in [3.05, 3.63) is 0 Å². The van der Waals surface area contributed by atoms with E-state index in [4.69, 9.17) is 24.7 Å². The first-order valence-corrected chi connectivity index (χ1v) is 14.7. The lowest BCUT2D eigenvalue weighted by Crippen LogP contribution is -2.44. The Kier molecular flexibility index (Phi) is 15.8. The molecular weight excluding hydrogens is 457 g/mol. The van der Waals surface area contributed by atoms with Gasteiger partial charge in [-0.25, -0.2) is 0 Å². The van der Waals surface area contributed by atoms with Gasteiger partial charge in [0.25, 0.3) is 0 Å². The van der Waals surface area contributed by atoms with E-state index in [1.54, 1.807) is 21.6 Å². The van der Waals surface area contributed by atoms with E-state index in [9.17, 15) is 0 Å². The fourth-order valence-electron chi connectivity index (χ4n) is 1.24. The zero-order chi connectivity index (χ0) is 16.9. The van der Waals surface area contributed by atoms with Gasteiger partial charge in [-0.2, -0.15) is 0 Å². The lowest BCUT2D eigenvalue weighted by Gasteiger charge is -2.25. The summed E-state index contributed by atoms with van der Waals surface area (Å²) in [6, 6.07) is 1.36. The minimum Gasteiger partial charge on any atom is -0.416 e. The van der Waals surface area contributed by atoms with E-state index >= 15 is 0 Å². The van der Waals surface area contributed by atoms with Crippen LogP contribution in [0.5, 0.6) is 0 Å². The summed E-state index contributed by atoms with van der Waals surface area (Å²) >= 11 is 0. The molecule has 0 unspecified atom stereocenters. The average molecular weight is 469 g/mol. The first-order chi connectivity index (χ1) is 10.6. The van der Waals surface area contributed by atoms with Gasteiger partial charge in [-0.15, -0.1) is 0 Å². The van der Waals surface area contributed by atoms with Crippen LogP contribution in [0.15, 0.2) is 0 Å². The van der Waals surface area contributed by atoms with Crippen molar-refractivity contribution in [2.75, 3.05) is 11.5 Å². The maximum Gasteiger partial charge on any atom is 0.468 e.